The van der Waals surface area contributed by atoms with Crippen LogP contribution in [0.4, 0.5) is 5.82 Å². The Hall–Kier alpha value is -1.78. The van der Waals surface area contributed by atoms with Crippen LogP contribution >= 0.6 is 23.2 Å². The van der Waals surface area contributed by atoms with Crippen molar-refractivity contribution in [3.8, 4) is 11.3 Å². The molecule has 0 saturated heterocycles. The van der Waals surface area contributed by atoms with E-state index < -0.39 is 0 Å². The van der Waals surface area contributed by atoms with Gasteiger partial charge >= 0.3 is 0 Å². The van der Waals surface area contributed by atoms with Gasteiger partial charge in [-0.25, -0.2) is 4.98 Å². The van der Waals surface area contributed by atoms with Crippen LogP contribution in [0.2, 0.25) is 10.0 Å². The molecule has 0 fully saturated rings. The predicted octanol–water partition coefficient (Wildman–Crippen LogP) is 5.72. The maximum Gasteiger partial charge on any atom is 0.165 e. The van der Waals surface area contributed by atoms with E-state index in [1.54, 1.807) is 12.3 Å². The Morgan fingerprint density at radius 2 is 2.04 bits per heavy atom. The molecule has 0 aliphatic rings. The highest BCUT2D eigenvalue weighted by molar-refractivity contribution is 6.36. The highest BCUT2D eigenvalue weighted by Crippen LogP contribution is 2.32. The fourth-order valence-corrected chi connectivity index (χ4v) is 3.31. The second-order valence-corrected chi connectivity index (χ2v) is 7.31. The molecule has 25 heavy (non-hydrogen) atoms. The third-order valence-electron chi connectivity index (χ3n) is 4.15. The predicted molar refractivity (Wildman–Crippen MR) is 106 cm³/mol. The molecule has 3 rings (SSSR count). The molecule has 0 amide bonds. The minimum absolute atomic E-state index is 0.573. The van der Waals surface area contributed by atoms with E-state index in [-0.39, 0.29) is 0 Å². The second-order valence-electron chi connectivity index (χ2n) is 6.46. The number of rotatable bonds is 6. The molecule has 0 atom stereocenters. The van der Waals surface area contributed by atoms with Crippen molar-refractivity contribution >= 4 is 34.7 Å². The van der Waals surface area contributed by atoms with Gasteiger partial charge in [-0.05, 0) is 37.0 Å². The van der Waals surface area contributed by atoms with Gasteiger partial charge in [-0.15, -0.1) is 0 Å². The maximum atomic E-state index is 6.39. The van der Waals surface area contributed by atoms with E-state index in [4.69, 9.17) is 28.2 Å². The molecule has 2 aromatic heterocycles. The van der Waals surface area contributed by atoms with Crippen molar-refractivity contribution in [1.82, 2.24) is 14.4 Å². The zero-order chi connectivity index (χ0) is 18.0. The first kappa shape index (κ1) is 18.0. The highest BCUT2D eigenvalue weighted by Gasteiger charge is 2.17. The van der Waals surface area contributed by atoms with Gasteiger partial charge in [0.05, 0.1) is 10.7 Å². The summed E-state index contributed by atoms with van der Waals surface area (Å²) in [6.45, 7) is 7.47. The Bertz CT molecular complexity index is 887. The number of nitrogens with one attached hydrogen (secondary N) is 1. The third kappa shape index (κ3) is 3.75. The first-order chi connectivity index (χ1) is 12.0. The normalized spacial score (nSPS) is 11.4. The fourth-order valence-electron chi connectivity index (χ4n) is 2.81. The summed E-state index contributed by atoms with van der Waals surface area (Å²) in [6.07, 6.45) is 5.67. The van der Waals surface area contributed by atoms with Crippen LogP contribution in [-0.2, 0) is 6.42 Å². The number of hydrogen-bond donors (Lipinski definition) is 1. The van der Waals surface area contributed by atoms with Crippen molar-refractivity contribution in [3.05, 3.63) is 46.3 Å². The average molecular weight is 377 g/mol. The molecule has 0 radical (unpaired) electrons. The minimum atomic E-state index is 0.573. The number of hydrogen-bond acceptors (Lipinski definition) is 3. The zero-order valence-electron chi connectivity index (χ0n) is 14.7. The first-order valence-electron chi connectivity index (χ1n) is 8.56. The third-order valence-corrected chi connectivity index (χ3v) is 4.70. The van der Waals surface area contributed by atoms with E-state index in [0.717, 1.165) is 47.8 Å². The van der Waals surface area contributed by atoms with Gasteiger partial charge in [0.1, 0.15) is 11.5 Å². The minimum Gasteiger partial charge on any atom is -0.370 e. The summed E-state index contributed by atoms with van der Waals surface area (Å²) in [6, 6.07) is 5.44. The van der Waals surface area contributed by atoms with Crippen LogP contribution in [0.5, 0.6) is 0 Å². The number of nitrogens with zero attached hydrogens (tertiary/aromatic N) is 3. The first-order valence-corrected chi connectivity index (χ1v) is 9.32. The lowest BCUT2D eigenvalue weighted by atomic mass is 10.1. The van der Waals surface area contributed by atoms with Crippen molar-refractivity contribution in [2.45, 2.75) is 33.6 Å². The van der Waals surface area contributed by atoms with Gasteiger partial charge in [-0.2, -0.15) is 0 Å². The average Bonchev–Trinajstić information content (AvgIpc) is 2.93. The van der Waals surface area contributed by atoms with Crippen molar-refractivity contribution in [2.75, 3.05) is 11.9 Å². The summed E-state index contributed by atoms with van der Waals surface area (Å²) in [5.41, 5.74) is 3.42. The van der Waals surface area contributed by atoms with Crippen LogP contribution in [0.15, 0.2) is 30.6 Å². The Morgan fingerprint density at radius 3 is 2.72 bits per heavy atom. The van der Waals surface area contributed by atoms with Gasteiger partial charge in [0.15, 0.2) is 5.65 Å². The highest BCUT2D eigenvalue weighted by atomic mass is 35.5. The summed E-state index contributed by atoms with van der Waals surface area (Å²) in [7, 11) is 0. The van der Waals surface area contributed by atoms with Crippen LogP contribution in [0.1, 0.15) is 32.9 Å². The molecule has 0 aliphatic carbocycles. The Kier molecular flexibility index (Phi) is 5.50. The Morgan fingerprint density at radius 1 is 1.24 bits per heavy atom. The number of benzene rings is 1. The van der Waals surface area contributed by atoms with Crippen molar-refractivity contribution < 1.29 is 0 Å². The molecule has 3 aromatic rings. The molecule has 0 spiro atoms. The molecule has 0 saturated carbocycles. The summed E-state index contributed by atoms with van der Waals surface area (Å²) in [5, 5.41) is 4.72. The topological polar surface area (TPSA) is 42.2 Å². The van der Waals surface area contributed by atoms with Gasteiger partial charge in [0.25, 0.3) is 0 Å². The smallest absolute Gasteiger partial charge is 0.165 e. The van der Waals surface area contributed by atoms with E-state index in [0.29, 0.717) is 16.0 Å². The molecule has 0 unspecified atom stereocenters. The summed E-state index contributed by atoms with van der Waals surface area (Å²) in [5.74, 6) is 1.69. The molecular formula is C19H22Cl2N4. The van der Waals surface area contributed by atoms with Gasteiger partial charge < -0.3 is 5.32 Å². The Labute approximate surface area is 158 Å². The summed E-state index contributed by atoms with van der Waals surface area (Å²) >= 11 is 12.4. The lowest BCUT2D eigenvalue weighted by Gasteiger charge is -2.10. The van der Waals surface area contributed by atoms with Gasteiger partial charge in [0, 0.05) is 29.5 Å². The molecular weight excluding hydrogens is 355 g/mol. The number of aryl methyl sites for hydroxylation is 1. The van der Waals surface area contributed by atoms with Gasteiger partial charge in [-0.1, -0.05) is 44.0 Å². The molecule has 2 heterocycles. The van der Waals surface area contributed by atoms with Crippen LogP contribution in [0.3, 0.4) is 0 Å². The monoisotopic (exact) mass is 376 g/mol. The number of aromatic nitrogens is 3. The number of fused-ring (bicyclic) bond motifs is 1. The zero-order valence-corrected chi connectivity index (χ0v) is 16.2. The lowest BCUT2D eigenvalue weighted by molar-refractivity contribution is 0.606. The van der Waals surface area contributed by atoms with E-state index in [1.807, 2.05) is 18.3 Å². The maximum absolute atomic E-state index is 6.39. The van der Waals surface area contributed by atoms with Crippen LogP contribution in [-0.4, -0.2) is 20.9 Å². The summed E-state index contributed by atoms with van der Waals surface area (Å²) < 4.78 is 2.06. The van der Waals surface area contributed by atoms with Gasteiger partial charge in [-0.3, -0.25) is 9.38 Å². The van der Waals surface area contributed by atoms with Crippen LogP contribution < -0.4 is 5.32 Å². The van der Waals surface area contributed by atoms with E-state index >= 15 is 0 Å². The number of halogens is 2. The van der Waals surface area contributed by atoms with Crippen molar-refractivity contribution in [2.24, 2.45) is 5.92 Å². The van der Waals surface area contributed by atoms with Crippen molar-refractivity contribution in [3.63, 3.8) is 0 Å². The number of imidazole rings is 1. The Balaban J connectivity index is 2.08. The van der Waals surface area contributed by atoms with E-state index in [2.05, 4.69) is 35.5 Å². The standard InChI is InChI=1S/C19H22Cl2N4/c1-4-16-18(23-8-7-12(2)3)25-10-9-22-17(19(25)24-16)14-6-5-13(20)11-15(14)21/h5-6,9-12,23H,4,7-8H2,1-3H3. The molecule has 1 N–H and O–H groups in total. The molecule has 0 bridgehead atoms. The molecule has 1 aromatic carbocycles. The molecule has 132 valence electrons. The fraction of sp³-hybridized carbons (Fsp3) is 0.368. The SMILES string of the molecule is CCc1nc2c(-c3ccc(Cl)cc3Cl)nccn2c1NCCC(C)C. The molecule has 6 heteroatoms. The second kappa shape index (κ2) is 7.63. The van der Waals surface area contributed by atoms with E-state index in [1.165, 1.54) is 0 Å². The van der Waals surface area contributed by atoms with E-state index in [9.17, 15) is 0 Å². The number of anilines is 1. The lowest BCUT2D eigenvalue weighted by Crippen LogP contribution is -2.08. The van der Waals surface area contributed by atoms with Crippen LogP contribution in [0.25, 0.3) is 16.9 Å². The molecule has 0 aliphatic heterocycles. The quantitative estimate of drug-likeness (QED) is 0.597. The molecule has 4 nitrogen and oxygen atoms in total. The van der Waals surface area contributed by atoms with Crippen molar-refractivity contribution in [1.29, 1.82) is 0 Å². The largest absolute Gasteiger partial charge is 0.370 e. The van der Waals surface area contributed by atoms with Gasteiger partial charge in [0.2, 0.25) is 0 Å². The van der Waals surface area contributed by atoms with Crippen LogP contribution in [0, 0.1) is 5.92 Å². The summed E-state index contributed by atoms with van der Waals surface area (Å²) in [4.78, 5) is 9.34.